The zero-order chi connectivity index (χ0) is 18.0. The van der Waals surface area contributed by atoms with Crippen molar-refractivity contribution in [3.05, 3.63) is 35.5 Å². The van der Waals surface area contributed by atoms with Crippen LogP contribution in [0.5, 0.6) is 11.5 Å². The summed E-state index contributed by atoms with van der Waals surface area (Å²) in [7, 11) is 4.84. The molecule has 0 atom stereocenters. The molecule has 3 aromatic rings. The standard InChI is InChI=1S/C16H17N5O4/c1-9-7-11(20-21(9)2)15-18-19-16(25-15)17-14(22)10-5-6-12(23-3)13(8-10)24-4/h5-8H,1-4H3,(H,17,19,22). The lowest BCUT2D eigenvalue weighted by Crippen LogP contribution is -2.12. The van der Waals surface area contributed by atoms with Gasteiger partial charge in [0.15, 0.2) is 11.5 Å². The van der Waals surface area contributed by atoms with E-state index in [0.29, 0.717) is 22.8 Å². The molecule has 0 bridgehead atoms. The third kappa shape index (κ3) is 3.30. The lowest BCUT2D eigenvalue weighted by Gasteiger charge is -2.08. The summed E-state index contributed by atoms with van der Waals surface area (Å²) >= 11 is 0. The van der Waals surface area contributed by atoms with Gasteiger partial charge in [-0.05, 0) is 31.2 Å². The number of amides is 1. The molecule has 1 amide bonds. The smallest absolute Gasteiger partial charge is 0.322 e. The largest absolute Gasteiger partial charge is 0.493 e. The normalized spacial score (nSPS) is 10.6. The molecule has 9 nitrogen and oxygen atoms in total. The minimum atomic E-state index is -0.409. The Hall–Kier alpha value is -3.36. The van der Waals surface area contributed by atoms with E-state index in [1.807, 2.05) is 20.0 Å². The van der Waals surface area contributed by atoms with Crippen molar-refractivity contribution < 1.29 is 18.7 Å². The molecule has 2 heterocycles. The number of methoxy groups -OCH3 is 2. The topological polar surface area (TPSA) is 104 Å². The molecule has 0 aliphatic rings. The molecule has 2 aromatic heterocycles. The summed E-state index contributed by atoms with van der Waals surface area (Å²) in [5.41, 5.74) is 1.86. The SMILES string of the molecule is COc1ccc(C(=O)Nc2nnc(-c3cc(C)n(C)n3)o2)cc1OC. The van der Waals surface area contributed by atoms with Gasteiger partial charge in [-0.1, -0.05) is 5.10 Å². The van der Waals surface area contributed by atoms with E-state index in [1.54, 1.807) is 22.9 Å². The third-order valence-corrected chi connectivity index (χ3v) is 3.62. The van der Waals surface area contributed by atoms with E-state index in [-0.39, 0.29) is 11.9 Å². The summed E-state index contributed by atoms with van der Waals surface area (Å²) in [4.78, 5) is 12.3. The molecular weight excluding hydrogens is 326 g/mol. The Morgan fingerprint density at radius 2 is 1.92 bits per heavy atom. The third-order valence-electron chi connectivity index (χ3n) is 3.62. The van der Waals surface area contributed by atoms with Crippen LogP contribution in [0.3, 0.4) is 0 Å². The first-order chi connectivity index (χ1) is 12.0. The van der Waals surface area contributed by atoms with E-state index >= 15 is 0 Å². The number of ether oxygens (including phenoxy) is 2. The summed E-state index contributed by atoms with van der Waals surface area (Å²) in [6.45, 7) is 1.91. The van der Waals surface area contributed by atoms with Crippen LogP contribution in [0.4, 0.5) is 6.01 Å². The molecular formula is C16H17N5O4. The van der Waals surface area contributed by atoms with Gasteiger partial charge in [0.1, 0.15) is 5.69 Å². The first kappa shape index (κ1) is 16.5. The maximum Gasteiger partial charge on any atom is 0.322 e. The number of aromatic nitrogens is 4. The molecule has 1 aromatic carbocycles. The lowest BCUT2D eigenvalue weighted by atomic mass is 10.2. The Morgan fingerprint density at radius 1 is 1.16 bits per heavy atom. The Morgan fingerprint density at radius 3 is 2.56 bits per heavy atom. The second-order valence-corrected chi connectivity index (χ2v) is 5.23. The van der Waals surface area contributed by atoms with Crippen LogP contribution < -0.4 is 14.8 Å². The molecule has 0 fully saturated rings. The molecule has 130 valence electrons. The molecule has 0 radical (unpaired) electrons. The van der Waals surface area contributed by atoms with Crippen molar-refractivity contribution in [2.45, 2.75) is 6.92 Å². The van der Waals surface area contributed by atoms with Crippen molar-refractivity contribution in [1.82, 2.24) is 20.0 Å². The van der Waals surface area contributed by atoms with Gasteiger partial charge in [-0.15, -0.1) is 5.10 Å². The molecule has 0 unspecified atom stereocenters. The highest BCUT2D eigenvalue weighted by Gasteiger charge is 2.16. The lowest BCUT2D eigenvalue weighted by molar-refractivity contribution is 0.102. The highest BCUT2D eigenvalue weighted by molar-refractivity contribution is 6.03. The fourth-order valence-corrected chi connectivity index (χ4v) is 2.19. The van der Waals surface area contributed by atoms with Crippen LogP contribution in [0.25, 0.3) is 11.6 Å². The minimum Gasteiger partial charge on any atom is -0.493 e. The number of nitrogens with zero attached hydrogens (tertiary/aromatic N) is 4. The van der Waals surface area contributed by atoms with E-state index in [4.69, 9.17) is 13.9 Å². The number of hydrogen-bond donors (Lipinski definition) is 1. The van der Waals surface area contributed by atoms with Crippen LogP contribution in [0.15, 0.2) is 28.7 Å². The fourth-order valence-electron chi connectivity index (χ4n) is 2.19. The summed E-state index contributed by atoms with van der Waals surface area (Å²) in [6.07, 6.45) is 0. The van der Waals surface area contributed by atoms with Gasteiger partial charge < -0.3 is 13.9 Å². The first-order valence-electron chi connectivity index (χ1n) is 7.39. The summed E-state index contributed by atoms with van der Waals surface area (Å²) in [5, 5.41) is 14.5. The highest BCUT2D eigenvalue weighted by Crippen LogP contribution is 2.28. The van der Waals surface area contributed by atoms with Crippen molar-refractivity contribution in [2.75, 3.05) is 19.5 Å². The molecule has 25 heavy (non-hydrogen) atoms. The Kier molecular flexibility index (Phi) is 4.38. The Labute approximate surface area is 143 Å². The van der Waals surface area contributed by atoms with Crippen LogP contribution >= 0.6 is 0 Å². The van der Waals surface area contributed by atoms with Gasteiger partial charge in [-0.25, -0.2) is 0 Å². The molecule has 0 saturated carbocycles. The van der Waals surface area contributed by atoms with Crippen molar-refractivity contribution >= 4 is 11.9 Å². The molecule has 0 aliphatic carbocycles. The van der Waals surface area contributed by atoms with Crippen molar-refractivity contribution in [2.24, 2.45) is 7.05 Å². The van der Waals surface area contributed by atoms with Gasteiger partial charge in [0, 0.05) is 18.3 Å². The monoisotopic (exact) mass is 343 g/mol. The number of hydrogen-bond acceptors (Lipinski definition) is 7. The summed E-state index contributed by atoms with van der Waals surface area (Å²) in [5.74, 6) is 0.801. The van der Waals surface area contributed by atoms with Crippen LogP contribution in [0, 0.1) is 6.92 Å². The number of rotatable bonds is 5. The maximum absolute atomic E-state index is 12.3. The van der Waals surface area contributed by atoms with Crippen LogP contribution in [-0.4, -0.2) is 40.1 Å². The summed E-state index contributed by atoms with van der Waals surface area (Å²) in [6, 6.07) is 6.61. The molecule has 0 saturated heterocycles. The first-order valence-corrected chi connectivity index (χ1v) is 7.39. The molecule has 1 N–H and O–H groups in total. The van der Waals surface area contributed by atoms with Gasteiger partial charge in [0.25, 0.3) is 11.8 Å². The average Bonchev–Trinajstić information content (AvgIpc) is 3.21. The number of carbonyl (C=O) groups is 1. The Balaban J connectivity index is 1.77. The minimum absolute atomic E-state index is 0.0157. The number of aryl methyl sites for hydroxylation is 2. The number of benzene rings is 1. The van der Waals surface area contributed by atoms with Gasteiger partial charge >= 0.3 is 6.01 Å². The Bertz CT molecular complexity index is 896. The van der Waals surface area contributed by atoms with Gasteiger partial charge in [-0.2, -0.15) is 5.10 Å². The second-order valence-electron chi connectivity index (χ2n) is 5.23. The van der Waals surface area contributed by atoms with E-state index in [1.165, 1.54) is 14.2 Å². The van der Waals surface area contributed by atoms with E-state index in [0.717, 1.165) is 5.69 Å². The number of anilines is 1. The number of carbonyl (C=O) groups excluding carboxylic acids is 1. The zero-order valence-corrected chi connectivity index (χ0v) is 14.2. The number of nitrogens with one attached hydrogen (secondary N) is 1. The van der Waals surface area contributed by atoms with Gasteiger partial charge in [0.05, 0.1) is 14.2 Å². The molecule has 9 heteroatoms. The van der Waals surface area contributed by atoms with E-state index in [9.17, 15) is 4.79 Å². The zero-order valence-electron chi connectivity index (χ0n) is 14.2. The van der Waals surface area contributed by atoms with Crippen LogP contribution in [0.2, 0.25) is 0 Å². The predicted molar refractivity (Wildman–Crippen MR) is 88.7 cm³/mol. The molecule has 3 rings (SSSR count). The van der Waals surface area contributed by atoms with Crippen molar-refractivity contribution in [1.29, 1.82) is 0 Å². The molecule has 0 spiro atoms. The summed E-state index contributed by atoms with van der Waals surface area (Å²) < 4.78 is 17.5. The predicted octanol–water partition coefficient (Wildman–Crippen LogP) is 2.05. The fraction of sp³-hybridized carbons (Fsp3) is 0.250. The van der Waals surface area contributed by atoms with E-state index in [2.05, 4.69) is 20.6 Å². The maximum atomic E-state index is 12.3. The van der Waals surface area contributed by atoms with Gasteiger partial charge in [0.2, 0.25) is 0 Å². The van der Waals surface area contributed by atoms with Crippen molar-refractivity contribution in [3.63, 3.8) is 0 Å². The van der Waals surface area contributed by atoms with Gasteiger partial charge in [-0.3, -0.25) is 14.8 Å². The molecule has 0 aliphatic heterocycles. The van der Waals surface area contributed by atoms with E-state index < -0.39 is 5.91 Å². The quantitative estimate of drug-likeness (QED) is 0.756. The van der Waals surface area contributed by atoms with Crippen molar-refractivity contribution in [3.8, 4) is 23.1 Å². The van der Waals surface area contributed by atoms with Crippen LogP contribution in [-0.2, 0) is 7.05 Å². The second kappa shape index (κ2) is 6.63. The average molecular weight is 343 g/mol. The van der Waals surface area contributed by atoms with Crippen LogP contribution in [0.1, 0.15) is 16.1 Å². The highest BCUT2D eigenvalue weighted by atomic mass is 16.5.